The summed E-state index contributed by atoms with van der Waals surface area (Å²) in [6.07, 6.45) is -0.0954. The van der Waals surface area contributed by atoms with Crippen molar-refractivity contribution in [2.75, 3.05) is 23.4 Å². The molecule has 5 nitrogen and oxygen atoms in total. The number of rotatable bonds is 3. The summed E-state index contributed by atoms with van der Waals surface area (Å²) < 4.78 is 0. The number of carboxylic acid groups (broad SMARTS) is 1. The highest BCUT2D eigenvalue weighted by Crippen LogP contribution is 2.20. The number of hydrogen-bond acceptors (Lipinski definition) is 3. The van der Waals surface area contributed by atoms with Crippen molar-refractivity contribution in [3.05, 3.63) is 29.8 Å². The van der Waals surface area contributed by atoms with E-state index in [-0.39, 0.29) is 18.5 Å². The number of thioether (sulfide) groups is 1. The maximum Gasteiger partial charge on any atom is 0.322 e. The second kappa shape index (κ2) is 6.65. The minimum atomic E-state index is -0.908. The molecule has 6 heteroatoms. The quantitative estimate of drug-likeness (QED) is 0.897. The average molecular weight is 294 g/mol. The average Bonchev–Trinajstić information content (AvgIpc) is 2.41. The zero-order valence-corrected chi connectivity index (χ0v) is 12.2. The van der Waals surface area contributed by atoms with Crippen LogP contribution in [0.25, 0.3) is 0 Å². The first-order valence-electron chi connectivity index (χ1n) is 6.53. The van der Waals surface area contributed by atoms with Crippen LogP contribution >= 0.6 is 11.8 Å². The van der Waals surface area contributed by atoms with Gasteiger partial charge in [0.1, 0.15) is 0 Å². The Morgan fingerprint density at radius 3 is 2.90 bits per heavy atom. The molecule has 1 fully saturated rings. The maximum atomic E-state index is 12.3. The molecule has 0 aliphatic carbocycles. The van der Waals surface area contributed by atoms with E-state index in [1.54, 1.807) is 29.2 Å². The molecule has 1 aromatic carbocycles. The first-order valence-corrected chi connectivity index (χ1v) is 7.68. The van der Waals surface area contributed by atoms with E-state index in [1.165, 1.54) is 0 Å². The zero-order chi connectivity index (χ0) is 14.5. The molecule has 0 aromatic heterocycles. The smallest absolute Gasteiger partial charge is 0.322 e. The highest BCUT2D eigenvalue weighted by atomic mass is 32.2. The van der Waals surface area contributed by atoms with Crippen molar-refractivity contribution < 1.29 is 14.7 Å². The number of nitrogens with zero attached hydrogens (tertiary/aromatic N) is 1. The molecule has 2 amide bonds. The summed E-state index contributed by atoms with van der Waals surface area (Å²) in [6, 6.07) is 7.06. The van der Waals surface area contributed by atoms with Gasteiger partial charge in [0.2, 0.25) is 0 Å². The highest BCUT2D eigenvalue weighted by Gasteiger charge is 2.24. The molecule has 0 spiro atoms. The number of carbonyl (C=O) groups is 2. The molecule has 0 radical (unpaired) electrons. The molecule has 1 saturated heterocycles. The van der Waals surface area contributed by atoms with E-state index in [1.807, 2.05) is 18.7 Å². The molecule has 1 unspecified atom stereocenters. The lowest BCUT2D eigenvalue weighted by molar-refractivity contribution is -0.136. The molecule has 20 heavy (non-hydrogen) atoms. The first-order chi connectivity index (χ1) is 9.58. The van der Waals surface area contributed by atoms with Gasteiger partial charge in [-0.2, -0.15) is 11.8 Å². The van der Waals surface area contributed by atoms with Crippen LogP contribution in [0.1, 0.15) is 12.5 Å². The Labute approximate surface area is 122 Å². The van der Waals surface area contributed by atoms with Crippen molar-refractivity contribution >= 4 is 29.4 Å². The number of carboxylic acids is 1. The maximum absolute atomic E-state index is 12.3. The van der Waals surface area contributed by atoms with E-state index in [0.717, 1.165) is 18.1 Å². The molecule has 1 aliphatic rings. The van der Waals surface area contributed by atoms with Crippen LogP contribution in [0.3, 0.4) is 0 Å². The number of amides is 2. The summed E-state index contributed by atoms with van der Waals surface area (Å²) in [6.45, 7) is 2.74. The van der Waals surface area contributed by atoms with Crippen LogP contribution in [-0.2, 0) is 11.2 Å². The van der Waals surface area contributed by atoms with Crippen LogP contribution in [0.4, 0.5) is 10.5 Å². The molecule has 108 valence electrons. The van der Waals surface area contributed by atoms with Gasteiger partial charge in [0.25, 0.3) is 0 Å². The molecule has 1 aliphatic heterocycles. The largest absolute Gasteiger partial charge is 0.481 e. The number of carbonyl (C=O) groups excluding carboxylic acids is 1. The molecule has 0 saturated carbocycles. The molecule has 1 atom stereocenters. The highest BCUT2D eigenvalue weighted by molar-refractivity contribution is 7.99. The van der Waals surface area contributed by atoms with Gasteiger partial charge < -0.3 is 15.3 Å². The van der Waals surface area contributed by atoms with Crippen molar-refractivity contribution in [3.8, 4) is 0 Å². The minimum Gasteiger partial charge on any atom is -0.481 e. The fraction of sp³-hybridized carbons (Fsp3) is 0.429. The zero-order valence-electron chi connectivity index (χ0n) is 11.3. The summed E-state index contributed by atoms with van der Waals surface area (Å²) in [5.74, 6) is 0.966. The SMILES string of the molecule is CC1CSCCN1C(=O)Nc1ccccc1CC(=O)O. The van der Waals surface area contributed by atoms with Crippen LogP contribution < -0.4 is 5.32 Å². The predicted octanol–water partition coefficient (Wildman–Crippen LogP) is 2.28. The van der Waals surface area contributed by atoms with Crippen molar-refractivity contribution in [1.82, 2.24) is 4.90 Å². The monoisotopic (exact) mass is 294 g/mol. The van der Waals surface area contributed by atoms with Gasteiger partial charge in [0.15, 0.2) is 0 Å². The lowest BCUT2D eigenvalue weighted by atomic mass is 10.1. The van der Waals surface area contributed by atoms with Gasteiger partial charge in [0, 0.05) is 29.8 Å². The van der Waals surface area contributed by atoms with Gasteiger partial charge in [-0.15, -0.1) is 0 Å². The summed E-state index contributed by atoms with van der Waals surface area (Å²) >= 11 is 1.84. The Kier molecular flexibility index (Phi) is 4.89. The molecule has 0 bridgehead atoms. The van der Waals surface area contributed by atoms with E-state index < -0.39 is 5.97 Å². The van der Waals surface area contributed by atoms with Crippen molar-refractivity contribution in [2.24, 2.45) is 0 Å². The molecular formula is C14H18N2O3S. The standard InChI is InChI=1S/C14H18N2O3S/c1-10-9-20-7-6-16(10)14(19)15-12-5-3-2-4-11(12)8-13(17)18/h2-5,10H,6-9H2,1H3,(H,15,19)(H,17,18). The van der Waals surface area contributed by atoms with E-state index in [2.05, 4.69) is 5.32 Å². The number of hydrogen-bond donors (Lipinski definition) is 2. The Morgan fingerprint density at radius 1 is 1.45 bits per heavy atom. The molecule has 1 aromatic rings. The van der Waals surface area contributed by atoms with Gasteiger partial charge >= 0.3 is 12.0 Å². The Hall–Kier alpha value is -1.69. The lowest BCUT2D eigenvalue weighted by Gasteiger charge is -2.33. The fourth-order valence-corrected chi connectivity index (χ4v) is 3.19. The number of urea groups is 1. The topological polar surface area (TPSA) is 69.6 Å². The van der Waals surface area contributed by atoms with Gasteiger partial charge in [-0.3, -0.25) is 4.79 Å². The van der Waals surface area contributed by atoms with Gasteiger partial charge in [-0.25, -0.2) is 4.79 Å². The number of para-hydroxylation sites is 1. The third-order valence-electron chi connectivity index (χ3n) is 3.23. The third kappa shape index (κ3) is 3.66. The fourth-order valence-electron chi connectivity index (χ4n) is 2.18. The molecule has 2 rings (SSSR count). The lowest BCUT2D eigenvalue weighted by Crippen LogP contribution is -2.46. The molecule has 2 N–H and O–H groups in total. The molecular weight excluding hydrogens is 276 g/mol. The Morgan fingerprint density at radius 2 is 2.20 bits per heavy atom. The van der Waals surface area contributed by atoms with Gasteiger partial charge in [-0.05, 0) is 18.6 Å². The number of benzene rings is 1. The van der Waals surface area contributed by atoms with E-state index >= 15 is 0 Å². The van der Waals surface area contributed by atoms with Gasteiger partial charge in [-0.1, -0.05) is 18.2 Å². The van der Waals surface area contributed by atoms with Crippen LogP contribution in [0.15, 0.2) is 24.3 Å². The Balaban J connectivity index is 2.09. The van der Waals surface area contributed by atoms with Crippen molar-refractivity contribution in [1.29, 1.82) is 0 Å². The number of aliphatic carboxylic acids is 1. The summed E-state index contributed by atoms with van der Waals surface area (Å²) in [5, 5.41) is 11.7. The van der Waals surface area contributed by atoms with Crippen molar-refractivity contribution in [2.45, 2.75) is 19.4 Å². The number of nitrogens with one attached hydrogen (secondary N) is 1. The van der Waals surface area contributed by atoms with Crippen LogP contribution in [0.2, 0.25) is 0 Å². The second-order valence-electron chi connectivity index (χ2n) is 4.78. The van der Waals surface area contributed by atoms with E-state index in [9.17, 15) is 9.59 Å². The van der Waals surface area contributed by atoms with Crippen molar-refractivity contribution in [3.63, 3.8) is 0 Å². The second-order valence-corrected chi connectivity index (χ2v) is 5.92. The third-order valence-corrected chi connectivity index (χ3v) is 4.42. The summed E-state index contributed by atoms with van der Waals surface area (Å²) in [4.78, 5) is 24.9. The van der Waals surface area contributed by atoms with E-state index in [4.69, 9.17) is 5.11 Å². The Bertz CT molecular complexity index is 507. The predicted molar refractivity (Wildman–Crippen MR) is 80.3 cm³/mol. The summed E-state index contributed by atoms with van der Waals surface area (Å²) in [5.41, 5.74) is 1.19. The van der Waals surface area contributed by atoms with Crippen LogP contribution in [0.5, 0.6) is 0 Å². The van der Waals surface area contributed by atoms with Crippen LogP contribution in [-0.4, -0.2) is 46.1 Å². The minimum absolute atomic E-state index is 0.0954. The van der Waals surface area contributed by atoms with Gasteiger partial charge in [0.05, 0.1) is 6.42 Å². The normalized spacial score (nSPS) is 18.6. The number of anilines is 1. The summed E-state index contributed by atoms with van der Waals surface area (Å²) in [7, 11) is 0. The van der Waals surface area contributed by atoms with Crippen LogP contribution in [0, 0.1) is 0 Å². The van der Waals surface area contributed by atoms with E-state index in [0.29, 0.717) is 11.3 Å². The molecule has 1 heterocycles. The first kappa shape index (κ1) is 14.7.